The van der Waals surface area contributed by atoms with Crippen LogP contribution < -0.4 is 19.5 Å². The van der Waals surface area contributed by atoms with Crippen LogP contribution in [0.1, 0.15) is 0 Å². The van der Waals surface area contributed by atoms with Crippen LogP contribution in [0.3, 0.4) is 0 Å². The van der Waals surface area contributed by atoms with Gasteiger partial charge in [0.05, 0.1) is 4.90 Å². The highest BCUT2D eigenvalue weighted by atomic mass is 32.2. The Morgan fingerprint density at radius 2 is 1.21 bits per heavy atom. The Balaban J connectivity index is 1.27. The number of nitrogens with one attached hydrogen (secondary N) is 2. The van der Waals surface area contributed by atoms with E-state index in [9.17, 15) is 13.2 Å². The standard InChI is InChI=1S/C26H22N2O5S/c29-26(27-20-11-13-24(14-12-20)33-23-9-5-2-6-10-23)19-32-22-15-17-25(18-16-22)34(30,31)28-21-7-3-1-4-8-21/h1-18,28H,19H2,(H,27,29). The first kappa shape index (κ1) is 22.9. The minimum absolute atomic E-state index is 0.0889. The Morgan fingerprint density at radius 1 is 0.647 bits per heavy atom. The first-order valence-corrected chi connectivity index (χ1v) is 11.9. The summed E-state index contributed by atoms with van der Waals surface area (Å²) in [6.45, 7) is -0.226. The van der Waals surface area contributed by atoms with Crippen LogP contribution in [0.15, 0.2) is 114 Å². The van der Waals surface area contributed by atoms with Gasteiger partial charge >= 0.3 is 0 Å². The molecule has 34 heavy (non-hydrogen) atoms. The maximum atomic E-state index is 12.5. The zero-order chi connectivity index (χ0) is 23.8. The summed E-state index contributed by atoms with van der Waals surface area (Å²) in [5.74, 6) is 1.40. The summed E-state index contributed by atoms with van der Waals surface area (Å²) in [5, 5.41) is 2.74. The molecule has 0 aliphatic rings. The van der Waals surface area contributed by atoms with Crippen molar-refractivity contribution < 1.29 is 22.7 Å². The molecule has 4 rings (SSSR count). The molecular weight excluding hydrogens is 452 g/mol. The maximum Gasteiger partial charge on any atom is 0.262 e. The van der Waals surface area contributed by atoms with Gasteiger partial charge in [0, 0.05) is 11.4 Å². The van der Waals surface area contributed by atoms with Gasteiger partial charge in [0.2, 0.25) is 0 Å². The van der Waals surface area contributed by atoms with Crippen LogP contribution in [-0.2, 0) is 14.8 Å². The Bertz CT molecular complexity index is 1330. The van der Waals surface area contributed by atoms with Gasteiger partial charge in [-0.05, 0) is 72.8 Å². The van der Waals surface area contributed by atoms with E-state index in [2.05, 4.69) is 10.0 Å². The number of benzene rings is 4. The molecule has 0 spiro atoms. The van der Waals surface area contributed by atoms with Gasteiger partial charge in [-0.15, -0.1) is 0 Å². The van der Waals surface area contributed by atoms with Gasteiger partial charge in [0.25, 0.3) is 15.9 Å². The molecule has 2 N–H and O–H groups in total. The van der Waals surface area contributed by atoms with Gasteiger partial charge in [0.1, 0.15) is 17.2 Å². The third kappa shape index (κ3) is 6.36. The van der Waals surface area contributed by atoms with Crippen molar-refractivity contribution in [1.82, 2.24) is 0 Å². The molecule has 7 nitrogen and oxygen atoms in total. The Morgan fingerprint density at radius 3 is 1.85 bits per heavy atom. The van der Waals surface area contributed by atoms with Crippen LogP contribution >= 0.6 is 0 Å². The molecule has 0 saturated heterocycles. The molecule has 8 heteroatoms. The summed E-state index contributed by atoms with van der Waals surface area (Å²) in [7, 11) is -3.72. The maximum absolute atomic E-state index is 12.5. The van der Waals surface area contributed by atoms with Gasteiger partial charge in [-0.2, -0.15) is 0 Å². The summed E-state index contributed by atoms with van der Waals surface area (Å²) >= 11 is 0. The van der Waals surface area contributed by atoms with Gasteiger partial charge in [-0.1, -0.05) is 36.4 Å². The zero-order valence-electron chi connectivity index (χ0n) is 18.0. The molecule has 0 fully saturated rings. The second-order valence-electron chi connectivity index (χ2n) is 7.22. The molecule has 0 unspecified atom stereocenters. The lowest BCUT2D eigenvalue weighted by atomic mass is 10.3. The van der Waals surface area contributed by atoms with E-state index in [0.717, 1.165) is 5.75 Å². The van der Waals surface area contributed by atoms with Crippen molar-refractivity contribution in [2.75, 3.05) is 16.6 Å². The van der Waals surface area contributed by atoms with Crippen LogP contribution in [0.5, 0.6) is 17.2 Å². The number of hydrogen-bond donors (Lipinski definition) is 2. The van der Waals surface area contributed by atoms with Crippen molar-refractivity contribution >= 4 is 27.3 Å². The van der Waals surface area contributed by atoms with Gasteiger partial charge in [-0.25, -0.2) is 8.42 Å². The molecular formula is C26H22N2O5S. The van der Waals surface area contributed by atoms with E-state index in [1.54, 1.807) is 54.6 Å². The average Bonchev–Trinajstić information content (AvgIpc) is 2.85. The fourth-order valence-corrected chi connectivity index (χ4v) is 4.07. The molecule has 4 aromatic carbocycles. The van der Waals surface area contributed by atoms with Crippen molar-refractivity contribution in [1.29, 1.82) is 0 Å². The summed E-state index contributed by atoms with van der Waals surface area (Å²) < 4.78 is 38.7. The van der Waals surface area contributed by atoms with Crippen molar-refractivity contribution in [3.8, 4) is 17.2 Å². The van der Waals surface area contributed by atoms with E-state index in [1.165, 1.54) is 24.3 Å². The molecule has 0 atom stereocenters. The predicted molar refractivity (Wildman–Crippen MR) is 131 cm³/mol. The SMILES string of the molecule is O=C(COc1ccc(S(=O)(=O)Nc2ccccc2)cc1)Nc1ccc(Oc2ccccc2)cc1. The van der Waals surface area contributed by atoms with Crippen molar-refractivity contribution in [3.05, 3.63) is 109 Å². The summed E-state index contributed by atoms with van der Waals surface area (Å²) in [5.41, 5.74) is 1.07. The minimum Gasteiger partial charge on any atom is -0.484 e. The fraction of sp³-hybridized carbons (Fsp3) is 0.0385. The van der Waals surface area contributed by atoms with Crippen molar-refractivity contribution in [2.24, 2.45) is 0 Å². The highest BCUT2D eigenvalue weighted by Crippen LogP contribution is 2.23. The Hall–Kier alpha value is -4.30. The lowest BCUT2D eigenvalue weighted by molar-refractivity contribution is -0.118. The van der Waals surface area contributed by atoms with Crippen molar-refractivity contribution in [3.63, 3.8) is 0 Å². The second-order valence-corrected chi connectivity index (χ2v) is 8.90. The number of rotatable bonds is 9. The van der Waals surface area contributed by atoms with Crippen molar-refractivity contribution in [2.45, 2.75) is 4.90 Å². The molecule has 0 heterocycles. The molecule has 172 valence electrons. The lowest BCUT2D eigenvalue weighted by Gasteiger charge is -2.10. The number of hydrogen-bond acceptors (Lipinski definition) is 5. The van der Waals surface area contributed by atoms with Crippen LogP contribution in [0.25, 0.3) is 0 Å². The molecule has 0 aliphatic carbocycles. The predicted octanol–water partition coefficient (Wildman–Crippen LogP) is 5.30. The van der Waals surface area contributed by atoms with E-state index in [4.69, 9.17) is 9.47 Å². The van der Waals surface area contributed by atoms with Gasteiger partial charge in [-0.3, -0.25) is 9.52 Å². The smallest absolute Gasteiger partial charge is 0.262 e. The van der Waals surface area contributed by atoms with Gasteiger partial charge in [0.15, 0.2) is 6.61 Å². The van der Waals surface area contributed by atoms with E-state index in [1.807, 2.05) is 30.3 Å². The molecule has 0 radical (unpaired) electrons. The first-order valence-electron chi connectivity index (χ1n) is 10.4. The van der Waals surface area contributed by atoms with Gasteiger partial charge < -0.3 is 14.8 Å². The number of ether oxygens (including phenoxy) is 2. The van der Waals surface area contributed by atoms with Crippen LogP contribution in [-0.4, -0.2) is 20.9 Å². The molecule has 0 aliphatic heterocycles. The van der Waals surface area contributed by atoms with E-state index in [0.29, 0.717) is 22.9 Å². The molecule has 0 saturated carbocycles. The minimum atomic E-state index is -3.72. The number of carbonyl (C=O) groups is 1. The highest BCUT2D eigenvalue weighted by Gasteiger charge is 2.14. The fourth-order valence-electron chi connectivity index (χ4n) is 3.01. The number of para-hydroxylation sites is 2. The normalized spacial score (nSPS) is 10.8. The van der Waals surface area contributed by atoms with E-state index in [-0.39, 0.29) is 17.4 Å². The lowest BCUT2D eigenvalue weighted by Crippen LogP contribution is -2.20. The van der Waals surface area contributed by atoms with Crippen LogP contribution in [0, 0.1) is 0 Å². The number of amides is 1. The zero-order valence-corrected chi connectivity index (χ0v) is 18.9. The van der Waals surface area contributed by atoms with Crippen LogP contribution in [0.4, 0.5) is 11.4 Å². The number of anilines is 2. The largest absolute Gasteiger partial charge is 0.484 e. The Kier molecular flexibility index (Phi) is 7.10. The third-order valence-electron chi connectivity index (χ3n) is 4.65. The molecule has 0 aromatic heterocycles. The number of sulfonamides is 1. The first-order chi connectivity index (χ1) is 16.5. The van der Waals surface area contributed by atoms with Crippen LogP contribution in [0.2, 0.25) is 0 Å². The molecule has 1 amide bonds. The quantitative estimate of drug-likeness (QED) is 0.343. The van der Waals surface area contributed by atoms with E-state index >= 15 is 0 Å². The summed E-state index contributed by atoms with van der Waals surface area (Å²) in [6, 6.07) is 30.8. The molecule has 4 aromatic rings. The highest BCUT2D eigenvalue weighted by molar-refractivity contribution is 7.92. The monoisotopic (exact) mass is 474 g/mol. The Labute approximate surface area is 198 Å². The summed E-state index contributed by atoms with van der Waals surface area (Å²) in [4.78, 5) is 12.3. The number of carbonyl (C=O) groups excluding carboxylic acids is 1. The molecule has 0 bridgehead atoms. The average molecular weight is 475 g/mol. The topological polar surface area (TPSA) is 93.7 Å². The second kappa shape index (κ2) is 10.5. The van der Waals surface area contributed by atoms with E-state index < -0.39 is 10.0 Å². The summed E-state index contributed by atoms with van der Waals surface area (Å²) in [6.07, 6.45) is 0. The third-order valence-corrected chi connectivity index (χ3v) is 6.04.